The summed E-state index contributed by atoms with van der Waals surface area (Å²) in [7, 11) is 0. The van der Waals surface area contributed by atoms with Crippen LogP contribution in [0.15, 0.2) is 59.3 Å². The van der Waals surface area contributed by atoms with E-state index in [4.69, 9.17) is 16.1 Å². The van der Waals surface area contributed by atoms with Crippen LogP contribution >= 0.6 is 11.6 Å². The predicted molar refractivity (Wildman–Crippen MR) is 105 cm³/mol. The molecule has 0 bridgehead atoms. The summed E-state index contributed by atoms with van der Waals surface area (Å²) < 4.78 is 7.20. The van der Waals surface area contributed by atoms with E-state index in [0.29, 0.717) is 16.5 Å². The van der Waals surface area contributed by atoms with Crippen molar-refractivity contribution in [2.75, 3.05) is 5.32 Å². The van der Waals surface area contributed by atoms with Gasteiger partial charge >= 0.3 is 0 Å². The predicted octanol–water partition coefficient (Wildman–Crippen LogP) is 5.18. The zero-order valence-electron chi connectivity index (χ0n) is 14.8. The van der Waals surface area contributed by atoms with E-state index in [1.54, 1.807) is 18.2 Å². The number of hydrogen-bond donors (Lipinski definition) is 1. The van der Waals surface area contributed by atoms with Crippen LogP contribution < -0.4 is 5.32 Å². The first-order chi connectivity index (χ1) is 13.0. The highest BCUT2D eigenvalue weighted by Gasteiger charge is 2.15. The van der Waals surface area contributed by atoms with Gasteiger partial charge in [-0.05, 0) is 44.2 Å². The average molecular weight is 381 g/mol. The Morgan fingerprint density at radius 3 is 2.81 bits per heavy atom. The summed E-state index contributed by atoms with van der Waals surface area (Å²) in [4.78, 5) is 12.5. The lowest BCUT2D eigenvalue weighted by atomic mass is 10.1. The van der Waals surface area contributed by atoms with E-state index in [-0.39, 0.29) is 17.6 Å². The molecule has 0 spiro atoms. The second-order valence-electron chi connectivity index (χ2n) is 6.50. The first-order valence-corrected chi connectivity index (χ1v) is 8.90. The fourth-order valence-corrected chi connectivity index (χ4v) is 3.07. The van der Waals surface area contributed by atoms with E-state index < -0.39 is 0 Å². The lowest BCUT2D eigenvalue weighted by Crippen LogP contribution is -2.12. The Morgan fingerprint density at radius 2 is 2.04 bits per heavy atom. The first-order valence-electron chi connectivity index (χ1n) is 8.52. The summed E-state index contributed by atoms with van der Waals surface area (Å²) in [6, 6.07) is 14.7. The molecule has 0 saturated carbocycles. The molecule has 2 aromatic heterocycles. The zero-order valence-corrected chi connectivity index (χ0v) is 15.6. The molecule has 6 nitrogen and oxygen atoms in total. The van der Waals surface area contributed by atoms with Gasteiger partial charge in [0.1, 0.15) is 0 Å². The van der Waals surface area contributed by atoms with E-state index in [1.165, 1.54) is 0 Å². The number of aromatic nitrogens is 3. The van der Waals surface area contributed by atoms with Crippen molar-refractivity contribution < 1.29 is 9.32 Å². The van der Waals surface area contributed by atoms with Gasteiger partial charge in [0.2, 0.25) is 0 Å². The minimum atomic E-state index is -0.345. The number of anilines is 1. The maximum Gasteiger partial charge on any atom is 0.277 e. The normalized spacial score (nSPS) is 11.3. The maximum absolute atomic E-state index is 12.5. The van der Waals surface area contributed by atoms with E-state index >= 15 is 0 Å². The number of nitrogens with zero attached hydrogens (tertiary/aromatic N) is 3. The van der Waals surface area contributed by atoms with Gasteiger partial charge in [0, 0.05) is 33.8 Å². The van der Waals surface area contributed by atoms with Crippen molar-refractivity contribution in [3.63, 3.8) is 0 Å². The minimum Gasteiger partial charge on any atom is -0.355 e. The summed E-state index contributed by atoms with van der Waals surface area (Å²) in [5.74, 6) is 0.137. The fraction of sp³-hybridized carbons (Fsp3) is 0.150. The molecule has 27 heavy (non-hydrogen) atoms. The SMILES string of the molecule is CC(C)n1ncc2ccc(NC(=O)c3cc(-c4cccc(Cl)c4)on3)cc21. The van der Waals surface area contributed by atoms with Gasteiger partial charge in [-0.2, -0.15) is 5.10 Å². The second kappa shape index (κ2) is 6.89. The van der Waals surface area contributed by atoms with Crippen LogP contribution in [0.3, 0.4) is 0 Å². The van der Waals surface area contributed by atoms with Crippen LogP contribution in [0.4, 0.5) is 5.69 Å². The Kier molecular flexibility index (Phi) is 4.41. The first kappa shape index (κ1) is 17.3. The molecule has 0 fully saturated rings. The van der Waals surface area contributed by atoms with Crippen LogP contribution in [0.2, 0.25) is 5.02 Å². The lowest BCUT2D eigenvalue weighted by Gasteiger charge is -2.08. The molecule has 2 heterocycles. The molecule has 0 radical (unpaired) electrons. The number of benzene rings is 2. The molecule has 136 valence electrons. The monoisotopic (exact) mass is 380 g/mol. The van der Waals surface area contributed by atoms with Gasteiger partial charge in [0.15, 0.2) is 11.5 Å². The molecule has 4 rings (SSSR count). The number of carbonyl (C=O) groups excluding carboxylic acids is 1. The van der Waals surface area contributed by atoms with E-state index in [9.17, 15) is 4.79 Å². The minimum absolute atomic E-state index is 0.197. The van der Waals surface area contributed by atoms with Gasteiger partial charge < -0.3 is 9.84 Å². The Balaban J connectivity index is 1.57. The van der Waals surface area contributed by atoms with Crippen molar-refractivity contribution >= 4 is 34.1 Å². The van der Waals surface area contributed by atoms with Crippen LogP contribution in [0.25, 0.3) is 22.2 Å². The summed E-state index contributed by atoms with van der Waals surface area (Å²) in [6.45, 7) is 4.12. The molecular formula is C20H17ClN4O2. The quantitative estimate of drug-likeness (QED) is 0.529. The molecule has 0 aliphatic rings. The number of rotatable bonds is 4. The Hall–Kier alpha value is -3.12. The van der Waals surface area contributed by atoms with Crippen molar-refractivity contribution in [3.05, 3.63) is 65.4 Å². The standard InChI is InChI=1S/C20H17ClN4O2/c1-12(2)25-18-9-16(7-6-14(18)11-22-25)23-20(26)17-10-19(27-24-17)13-4-3-5-15(21)8-13/h3-12H,1-2H3,(H,23,26). The Bertz CT molecular complexity index is 1130. The van der Waals surface area contributed by atoms with Gasteiger partial charge in [-0.25, -0.2) is 0 Å². The molecule has 2 aromatic carbocycles. The molecule has 0 atom stereocenters. The number of amides is 1. The van der Waals surface area contributed by atoms with Crippen molar-refractivity contribution in [1.82, 2.24) is 14.9 Å². The number of halogens is 1. The Labute approximate surface area is 160 Å². The summed E-state index contributed by atoms with van der Waals surface area (Å²) >= 11 is 6.00. The lowest BCUT2D eigenvalue weighted by molar-refractivity contribution is 0.101. The van der Waals surface area contributed by atoms with Crippen molar-refractivity contribution in [2.45, 2.75) is 19.9 Å². The van der Waals surface area contributed by atoms with Gasteiger partial charge in [0.05, 0.1) is 11.7 Å². The highest BCUT2D eigenvalue weighted by Crippen LogP contribution is 2.25. The molecule has 0 unspecified atom stereocenters. The molecule has 0 saturated heterocycles. The molecule has 1 amide bonds. The number of nitrogens with one attached hydrogen (secondary N) is 1. The van der Waals surface area contributed by atoms with Crippen LogP contribution in [0.5, 0.6) is 0 Å². The highest BCUT2D eigenvalue weighted by molar-refractivity contribution is 6.30. The van der Waals surface area contributed by atoms with Gasteiger partial charge in [-0.3, -0.25) is 9.48 Å². The van der Waals surface area contributed by atoms with Gasteiger partial charge in [-0.1, -0.05) is 28.9 Å². The third-order valence-electron chi connectivity index (χ3n) is 4.20. The second-order valence-corrected chi connectivity index (χ2v) is 6.93. The maximum atomic E-state index is 12.5. The van der Waals surface area contributed by atoms with Crippen molar-refractivity contribution in [2.24, 2.45) is 0 Å². The largest absolute Gasteiger partial charge is 0.355 e. The summed E-state index contributed by atoms with van der Waals surface area (Å²) in [5, 5.41) is 12.7. The molecular weight excluding hydrogens is 364 g/mol. The smallest absolute Gasteiger partial charge is 0.277 e. The number of fused-ring (bicyclic) bond motifs is 1. The third-order valence-corrected chi connectivity index (χ3v) is 4.43. The summed E-state index contributed by atoms with van der Waals surface area (Å²) in [6.07, 6.45) is 1.82. The fourth-order valence-electron chi connectivity index (χ4n) is 2.88. The van der Waals surface area contributed by atoms with Gasteiger partial charge in [-0.15, -0.1) is 0 Å². The van der Waals surface area contributed by atoms with Crippen LogP contribution in [-0.4, -0.2) is 20.8 Å². The Morgan fingerprint density at radius 1 is 1.19 bits per heavy atom. The van der Waals surface area contributed by atoms with Crippen LogP contribution in [0, 0.1) is 0 Å². The van der Waals surface area contributed by atoms with Crippen molar-refractivity contribution in [1.29, 1.82) is 0 Å². The molecule has 0 aliphatic carbocycles. The third kappa shape index (κ3) is 3.44. The van der Waals surface area contributed by atoms with E-state index in [2.05, 4.69) is 29.4 Å². The molecule has 1 N–H and O–H groups in total. The van der Waals surface area contributed by atoms with Crippen LogP contribution in [0.1, 0.15) is 30.4 Å². The number of carbonyl (C=O) groups is 1. The van der Waals surface area contributed by atoms with Crippen LogP contribution in [-0.2, 0) is 0 Å². The van der Waals surface area contributed by atoms with E-state index in [1.807, 2.05) is 41.2 Å². The average Bonchev–Trinajstić information content (AvgIpc) is 3.29. The van der Waals surface area contributed by atoms with Crippen molar-refractivity contribution in [3.8, 4) is 11.3 Å². The topological polar surface area (TPSA) is 73.0 Å². The highest BCUT2D eigenvalue weighted by atomic mass is 35.5. The van der Waals surface area contributed by atoms with E-state index in [0.717, 1.165) is 16.5 Å². The molecule has 0 aliphatic heterocycles. The summed E-state index contributed by atoms with van der Waals surface area (Å²) in [5.41, 5.74) is 2.59. The molecule has 4 aromatic rings. The zero-order chi connectivity index (χ0) is 19.0. The van der Waals surface area contributed by atoms with Gasteiger partial charge in [0.25, 0.3) is 5.91 Å². The molecule has 7 heteroatoms. The number of hydrogen-bond acceptors (Lipinski definition) is 4.